The Morgan fingerprint density at radius 1 is 1.20 bits per heavy atom. The van der Waals surface area contributed by atoms with E-state index in [1.54, 1.807) is 0 Å². The monoisotopic (exact) mass is 342 g/mol. The lowest BCUT2D eigenvalue weighted by molar-refractivity contribution is -0.187. The Morgan fingerprint density at radius 3 is 2.68 bits per heavy atom. The van der Waals surface area contributed by atoms with Crippen LogP contribution in [0.2, 0.25) is 0 Å². The zero-order valence-corrected chi connectivity index (χ0v) is 14.3. The van der Waals surface area contributed by atoms with E-state index in [2.05, 4.69) is 15.3 Å². The van der Waals surface area contributed by atoms with Gasteiger partial charge in [-0.1, -0.05) is 12.1 Å². The van der Waals surface area contributed by atoms with Crippen molar-refractivity contribution in [2.24, 2.45) is 0 Å². The normalized spacial score (nSPS) is 20.8. The van der Waals surface area contributed by atoms with Crippen LogP contribution in [0.15, 0.2) is 30.6 Å². The topological polar surface area (TPSA) is 76.6 Å². The van der Waals surface area contributed by atoms with Gasteiger partial charge in [-0.15, -0.1) is 0 Å². The van der Waals surface area contributed by atoms with Gasteiger partial charge in [0.2, 0.25) is 5.91 Å². The molecule has 1 spiro atoms. The number of piperidine rings is 1. The molecule has 0 radical (unpaired) electrons. The number of nitrogens with one attached hydrogen (secondary N) is 1. The third-order valence-corrected chi connectivity index (χ3v) is 4.92. The van der Waals surface area contributed by atoms with E-state index in [1.807, 2.05) is 36.1 Å². The van der Waals surface area contributed by atoms with Crippen molar-refractivity contribution in [3.63, 3.8) is 0 Å². The number of carbonyl (C=O) groups is 1. The lowest BCUT2D eigenvalue weighted by Gasteiger charge is -2.38. The molecule has 1 aromatic carbocycles. The van der Waals surface area contributed by atoms with Crippen molar-refractivity contribution in [1.82, 2.24) is 14.9 Å². The van der Waals surface area contributed by atoms with Gasteiger partial charge in [0.1, 0.15) is 18.2 Å². The number of nitrogens with zero attached hydrogens (tertiary/aromatic N) is 3. The van der Waals surface area contributed by atoms with Crippen LogP contribution in [0.4, 0.5) is 5.82 Å². The first-order valence-electron chi connectivity index (χ1n) is 8.70. The summed E-state index contributed by atoms with van der Waals surface area (Å²) >= 11 is 0. The van der Waals surface area contributed by atoms with Crippen molar-refractivity contribution in [3.8, 4) is 0 Å². The number of benzene rings is 1. The number of aromatic nitrogens is 2. The maximum Gasteiger partial charge on any atom is 0.244 e. The molecule has 1 unspecified atom stereocenters. The van der Waals surface area contributed by atoms with Gasteiger partial charge in [-0.25, -0.2) is 9.97 Å². The minimum Gasteiger partial charge on any atom is -0.358 e. The van der Waals surface area contributed by atoms with E-state index in [4.69, 9.17) is 9.47 Å². The third kappa shape index (κ3) is 3.17. The summed E-state index contributed by atoms with van der Waals surface area (Å²) in [5, 5.41) is 4.15. The van der Waals surface area contributed by atoms with Crippen molar-refractivity contribution < 1.29 is 14.3 Å². The van der Waals surface area contributed by atoms with Crippen LogP contribution in [0.3, 0.4) is 0 Å². The molecular formula is C18H22N4O3. The summed E-state index contributed by atoms with van der Waals surface area (Å²) in [4.78, 5) is 23.2. The highest BCUT2D eigenvalue weighted by Gasteiger charge is 2.41. The number of hydrogen-bond donors (Lipinski definition) is 1. The van der Waals surface area contributed by atoms with Crippen molar-refractivity contribution >= 4 is 22.6 Å². The van der Waals surface area contributed by atoms with Crippen molar-refractivity contribution in [2.75, 3.05) is 31.6 Å². The van der Waals surface area contributed by atoms with Gasteiger partial charge in [0.15, 0.2) is 5.79 Å². The Balaban J connectivity index is 1.42. The minimum absolute atomic E-state index is 0.0653. The average Bonchev–Trinajstić information content (AvgIpc) is 3.10. The SMILES string of the molecule is CC(Nc1ncnc2ccccc12)C(=O)N1CCC2(CC1)OCCO2. The Kier molecular flexibility index (Phi) is 4.27. The number of rotatable bonds is 3. The molecule has 3 heterocycles. The Bertz CT molecular complexity index is 761. The van der Waals surface area contributed by atoms with E-state index in [-0.39, 0.29) is 11.9 Å². The number of amides is 1. The van der Waals surface area contributed by atoms with Gasteiger partial charge in [-0.05, 0) is 19.1 Å². The van der Waals surface area contributed by atoms with Gasteiger partial charge in [0, 0.05) is 31.3 Å². The van der Waals surface area contributed by atoms with Crippen molar-refractivity contribution in [2.45, 2.75) is 31.6 Å². The van der Waals surface area contributed by atoms with Gasteiger partial charge in [-0.3, -0.25) is 4.79 Å². The lowest BCUT2D eigenvalue weighted by Crippen LogP contribution is -2.50. The summed E-state index contributed by atoms with van der Waals surface area (Å²) in [6, 6.07) is 7.39. The van der Waals surface area contributed by atoms with Crippen LogP contribution in [0.1, 0.15) is 19.8 Å². The molecule has 1 amide bonds. The number of carbonyl (C=O) groups excluding carboxylic acids is 1. The quantitative estimate of drug-likeness (QED) is 0.916. The van der Waals surface area contributed by atoms with E-state index < -0.39 is 5.79 Å². The largest absolute Gasteiger partial charge is 0.358 e. The highest BCUT2D eigenvalue weighted by atomic mass is 16.7. The van der Waals surface area contributed by atoms with Gasteiger partial charge in [0.05, 0.1) is 18.7 Å². The van der Waals surface area contributed by atoms with Gasteiger partial charge in [-0.2, -0.15) is 0 Å². The van der Waals surface area contributed by atoms with E-state index in [0.717, 1.165) is 23.7 Å². The number of hydrogen-bond acceptors (Lipinski definition) is 6. The molecule has 7 heteroatoms. The first kappa shape index (κ1) is 16.2. The van der Waals surface area contributed by atoms with E-state index >= 15 is 0 Å². The van der Waals surface area contributed by atoms with Crippen LogP contribution < -0.4 is 5.32 Å². The van der Waals surface area contributed by atoms with Gasteiger partial charge in [0.25, 0.3) is 0 Å². The fraction of sp³-hybridized carbons (Fsp3) is 0.500. The highest BCUT2D eigenvalue weighted by Crippen LogP contribution is 2.31. The fourth-order valence-corrected chi connectivity index (χ4v) is 3.51. The molecule has 25 heavy (non-hydrogen) atoms. The maximum absolute atomic E-state index is 12.8. The van der Waals surface area contributed by atoms with E-state index in [0.29, 0.717) is 32.1 Å². The smallest absolute Gasteiger partial charge is 0.244 e. The number of likely N-dealkylation sites (tertiary alicyclic amines) is 1. The standard InChI is InChI=1S/C18H22N4O3/c1-13(21-16-14-4-2-3-5-15(14)19-12-20-16)17(23)22-8-6-18(7-9-22)24-10-11-25-18/h2-5,12-13H,6-11H2,1H3,(H,19,20,21). The van der Waals surface area contributed by atoms with Crippen LogP contribution in [0, 0.1) is 0 Å². The zero-order chi connectivity index (χ0) is 17.3. The Labute approximate surface area is 146 Å². The molecule has 2 aromatic rings. The summed E-state index contributed by atoms with van der Waals surface area (Å²) in [5.74, 6) is 0.286. The van der Waals surface area contributed by atoms with Crippen molar-refractivity contribution in [3.05, 3.63) is 30.6 Å². The fourth-order valence-electron chi connectivity index (χ4n) is 3.51. The minimum atomic E-state index is -0.462. The van der Waals surface area contributed by atoms with Crippen molar-refractivity contribution in [1.29, 1.82) is 0 Å². The maximum atomic E-state index is 12.8. The number of para-hydroxylation sites is 1. The first-order valence-corrected chi connectivity index (χ1v) is 8.70. The van der Waals surface area contributed by atoms with E-state index in [9.17, 15) is 4.79 Å². The van der Waals surface area contributed by atoms with Crippen LogP contribution in [0.5, 0.6) is 0 Å². The lowest BCUT2D eigenvalue weighted by atomic mass is 10.0. The predicted octanol–water partition coefficient (Wildman–Crippen LogP) is 1.80. The van der Waals surface area contributed by atoms with Crippen LogP contribution in [-0.4, -0.2) is 58.9 Å². The molecule has 0 saturated carbocycles. The van der Waals surface area contributed by atoms with Gasteiger partial charge >= 0.3 is 0 Å². The summed E-state index contributed by atoms with van der Waals surface area (Å²) in [7, 11) is 0. The molecule has 1 atom stereocenters. The molecule has 2 fully saturated rings. The summed E-state index contributed by atoms with van der Waals surface area (Å²) < 4.78 is 11.4. The highest BCUT2D eigenvalue weighted by molar-refractivity contribution is 5.91. The van der Waals surface area contributed by atoms with Crippen LogP contribution in [-0.2, 0) is 14.3 Å². The molecule has 0 aliphatic carbocycles. The first-order chi connectivity index (χ1) is 12.2. The van der Waals surface area contributed by atoms with Crippen LogP contribution in [0.25, 0.3) is 10.9 Å². The molecule has 132 valence electrons. The van der Waals surface area contributed by atoms with E-state index in [1.165, 1.54) is 6.33 Å². The average molecular weight is 342 g/mol. The third-order valence-electron chi connectivity index (χ3n) is 4.92. The zero-order valence-electron chi connectivity index (χ0n) is 14.3. The summed E-state index contributed by atoms with van der Waals surface area (Å²) in [6.45, 7) is 4.45. The Hall–Kier alpha value is -2.25. The second kappa shape index (κ2) is 6.57. The van der Waals surface area contributed by atoms with Crippen LogP contribution >= 0.6 is 0 Å². The second-order valence-corrected chi connectivity index (χ2v) is 6.54. The number of fused-ring (bicyclic) bond motifs is 1. The number of anilines is 1. The van der Waals surface area contributed by atoms with Gasteiger partial charge < -0.3 is 19.7 Å². The number of ether oxygens (including phenoxy) is 2. The molecule has 2 saturated heterocycles. The second-order valence-electron chi connectivity index (χ2n) is 6.54. The molecular weight excluding hydrogens is 320 g/mol. The molecule has 7 nitrogen and oxygen atoms in total. The summed E-state index contributed by atoms with van der Waals surface area (Å²) in [6.07, 6.45) is 2.96. The molecule has 2 aliphatic rings. The summed E-state index contributed by atoms with van der Waals surface area (Å²) in [5.41, 5.74) is 0.857. The molecule has 1 N–H and O–H groups in total. The predicted molar refractivity (Wildman–Crippen MR) is 93.1 cm³/mol. The molecule has 4 rings (SSSR count). The molecule has 2 aliphatic heterocycles. The molecule has 0 bridgehead atoms. The molecule has 1 aromatic heterocycles. The Morgan fingerprint density at radius 2 is 1.92 bits per heavy atom.